The smallest absolute Gasteiger partial charge is 0.240 e. The number of hydrogen-bond acceptors (Lipinski definition) is 2. The SMILES string of the molecule is CCC(C)[C@H](N)C(=O)N(CCC(C)C)C1CCCC1. The number of nitrogens with zero attached hydrogens (tertiary/aromatic N) is 1. The van der Waals surface area contributed by atoms with Crippen molar-refractivity contribution < 1.29 is 4.79 Å². The molecular formula is C16H32N2O. The quantitative estimate of drug-likeness (QED) is 0.771. The molecule has 2 atom stereocenters. The van der Waals surface area contributed by atoms with Crippen LogP contribution in [0, 0.1) is 11.8 Å². The van der Waals surface area contributed by atoms with Gasteiger partial charge in [0, 0.05) is 12.6 Å². The van der Waals surface area contributed by atoms with Gasteiger partial charge in [0.1, 0.15) is 0 Å². The van der Waals surface area contributed by atoms with Gasteiger partial charge in [-0.3, -0.25) is 4.79 Å². The molecule has 0 aromatic carbocycles. The van der Waals surface area contributed by atoms with Gasteiger partial charge in [0.15, 0.2) is 0 Å². The summed E-state index contributed by atoms with van der Waals surface area (Å²) in [7, 11) is 0. The Balaban J connectivity index is 2.68. The molecule has 0 aromatic rings. The van der Waals surface area contributed by atoms with Gasteiger partial charge in [-0.2, -0.15) is 0 Å². The van der Waals surface area contributed by atoms with E-state index in [1.807, 2.05) is 0 Å². The molecule has 2 N–H and O–H groups in total. The number of rotatable bonds is 7. The van der Waals surface area contributed by atoms with Crippen molar-refractivity contribution in [3.63, 3.8) is 0 Å². The Morgan fingerprint density at radius 2 is 1.84 bits per heavy atom. The third-order valence-electron chi connectivity index (χ3n) is 4.54. The molecule has 112 valence electrons. The maximum absolute atomic E-state index is 12.6. The highest BCUT2D eigenvalue weighted by Crippen LogP contribution is 2.25. The fraction of sp³-hybridized carbons (Fsp3) is 0.938. The Labute approximate surface area is 118 Å². The lowest BCUT2D eigenvalue weighted by Gasteiger charge is -2.33. The van der Waals surface area contributed by atoms with Gasteiger partial charge in [-0.05, 0) is 31.1 Å². The van der Waals surface area contributed by atoms with Crippen LogP contribution in [0.15, 0.2) is 0 Å². The maximum Gasteiger partial charge on any atom is 0.240 e. The highest BCUT2D eigenvalue weighted by molar-refractivity contribution is 5.82. The summed E-state index contributed by atoms with van der Waals surface area (Å²) < 4.78 is 0. The van der Waals surface area contributed by atoms with Crippen LogP contribution < -0.4 is 5.73 Å². The molecule has 0 aliphatic heterocycles. The number of carbonyl (C=O) groups excluding carboxylic acids is 1. The van der Waals surface area contributed by atoms with Gasteiger partial charge in [0.2, 0.25) is 5.91 Å². The summed E-state index contributed by atoms with van der Waals surface area (Å²) in [4.78, 5) is 14.7. The van der Waals surface area contributed by atoms with E-state index in [0.29, 0.717) is 12.0 Å². The normalized spacial score (nSPS) is 19.7. The summed E-state index contributed by atoms with van der Waals surface area (Å²) in [6, 6.07) is 0.124. The standard InChI is InChI=1S/C16H32N2O/c1-5-13(4)15(17)16(19)18(11-10-12(2)3)14-8-6-7-9-14/h12-15H,5-11,17H2,1-4H3/t13?,15-/m0/s1. The molecule has 1 aliphatic carbocycles. The minimum absolute atomic E-state index is 0.182. The molecule has 0 bridgehead atoms. The van der Waals surface area contributed by atoms with Crippen LogP contribution in [0.3, 0.4) is 0 Å². The minimum atomic E-state index is -0.322. The topological polar surface area (TPSA) is 46.3 Å². The minimum Gasteiger partial charge on any atom is -0.338 e. The van der Waals surface area contributed by atoms with Crippen molar-refractivity contribution in [2.24, 2.45) is 17.6 Å². The summed E-state index contributed by atoms with van der Waals surface area (Å²) in [5, 5.41) is 0. The zero-order valence-corrected chi connectivity index (χ0v) is 13.2. The van der Waals surface area contributed by atoms with Crippen molar-refractivity contribution in [2.75, 3.05) is 6.54 Å². The average Bonchev–Trinajstić information content (AvgIpc) is 2.90. The van der Waals surface area contributed by atoms with Gasteiger partial charge in [0.05, 0.1) is 6.04 Å². The van der Waals surface area contributed by atoms with Gasteiger partial charge < -0.3 is 10.6 Å². The Hall–Kier alpha value is -0.570. The molecule has 1 saturated carbocycles. The van der Waals surface area contributed by atoms with Gasteiger partial charge >= 0.3 is 0 Å². The second-order valence-electron chi connectivity index (χ2n) is 6.56. The van der Waals surface area contributed by atoms with Gasteiger partial charge in [-0.25, -0.2) is 0 Å². The third kappa shape index (κ3) is 4.79. The summed E-state index contributed by atoms with van der Waals surface area (Å²) in [5.74, 6) is 1.09. The van der Waals surface area contributed by atoms with Crippen molar-refractivity contribution >= 4 is 5.91 Å². The van der Waals surface area contributed by atoms with Crippen LogP contribution in [0.25, 0.3) is 0 Å². The zero-order valence-electron chi connectivity index (χ0n) is 13.2. The molecule has 3 nitrogen and oxygen atoms in total. The van der Waals surface area contributed by atoms with Crippen molar-refractivity contribution in [1.82, 2.24) is 4.90 Å². The molecule has 1 amide bonds. The van der Waals surface area contributed by atoms with Crippen molar-refractivity contribution in [2.45, 2.75) is 78.3 Å². The Morgan fingerprint density at radius 1 is 1.26 bits per heavy atom. The van der Waals surface area contributed by atoms with E-state index in [1.54, 1.807) is 0 Å². The first-order valence-corrected chi connectivity index (χ1v) is 8.03. The van der Waals surface area contributed by atoms with E-state index in [2.05, 4.69) is 32.6 Å². The number of hydrogen-bond donors (Lipinski definition) is 1. The number of carbonyl (C=O) groups is 1. The van der Waals surface area contributed by atoms with Crippen molar-refractivity contribution in [3.8, 4) is 0 Å². The number of nitrogens with two attached hydrogens (primary N) is 1. The van der Waals surface area contributed by atoms with Crippen LogP contribution in [0.5, 0.6) is 0 Å². The number of amides is 1. The summed E-state index contributed by atoms with van der Waals surface area (Å²) in [6.07, 6.45) is 6.89. The molecule has 3 heteroatoms. The summed E-state index contributed by atoms with van der Waals surface area (Å²) in [5.41, 5.74) is 6.15. The van der Waals surface area contributed by atoms with Gasteiger partial charge in [-0.15, -0.1) is 0 Å². The Kier molecular flexibility index (Phi) is 6.84. The molecule has 0 heterocycles. The molecule has 1 unspecified atom stereocenters. The molecule has 0 aromatic heterocycles. The fourth-order valence-electron chi connectivity index (χ4n) is 2.77. The van der Waals surface area contributed by atoms with Crippen LogP contribution in [0.4, 0.5) is 0 Å². The second kappa shape index (κ2) is 7.88. The molecule has 0 saturated heterocycles. The lowest BCUT2D eigenvalue weighted by atomic mass is 9.97. The van der Waals surface area contributed by atoms with Crippen LogP contribution in [-0.4, -0.2) is 29.4 Å². The van der Waals surface area contributed by atoms with Crippen LogP contribution >= 0.6 is 0 Å². The van der Waals surface area contributed by atoms with Crippen LogP contribution in [0.1, 0.15) is 66.2 Å². The fourth-order valence-corrected chi connectivity index (χ4v) is 2.77. The third-order valence-corrected chi connectivity index (χ3v) is 4.54. The second-order valence-corrected chi connectivity index (χ2v) is 6.56. The van der Waals surface area contributed by atoms with E-state index in [9.17, 15) is 4.79 Å². The van der Waals surface area contributed by atoms with E-state index < -0.39 is 0 Å². The lowest BCUT2D eigenvalue weighted by Crippen LogP contribution is -2.50. The first-order valence-electron chi connectivity index (χ1n) is 8.03. The van der Waals surface area contributed by atoms with Crippen molar-refractivity contribution in [3.05, 3.63) is 0 Å². The van der Waals surface area contributed by atoms with E-state index >= 15 is 0 Å². The zero-order chi connectivity index (χ0) is 14.4. The molecule has 19 heavy (non-hydrogen) atoms. The Bertz CT molecular complexity index is 272. The van der Waals surface area contributed by atoms with Crippen LogP contribution in [0.2, 0.25) is 0 Å². The molecule has 1 aliphatic rings. The van der Waals surface area contributed by atoms with E-state index in [-0.39, 0.29) is 17.9 Å². The largest absolute Gasteiger partial charge is 0.338 e. The Morgan fingerprint density at radius 3 is 2.32 bits per heavy atom. The lowest BCUT2D eigenvalue weighted by molar-refractivity contribution is -0.136. The van der Waals surface area contributed by atoms with Gasteiger partial charge in [-0.1, -0.05) is 47.0 Å². The molecular weight excluding hydrogens is 236 g/mol. The average molecular weight is 268 g/mol. The first kappa shape index (κ1) is 16.5. The first-order chi connectivity index (χ1) is 8.97. The highest BCUT2D eigenvalue weighted by atomic mass is 16.2. The van der Waals surface area contributed by atoms with Crippen LogP contribution in [-0.2, 0) is 4.79 Å². The van der Waals surface area contributed by atoms with E-state index in [1.165, 1.54) is 12.8 Å². The molecule has 0 radical (unpaired) electrons. The van der Waals surface area contributed by atoms with Crippen molar-refractivity contribution in [1.29, 1.82) is 0 Å². The molecule has 1 rings (SSSR count). The van der Waals surface area contributed by atoms with E-state index in [0.717, 1.165) is 32.2 Å². The molecule has 1 fully saturated rings. The van der Waals surface area contributed by atoms with Gasteiger partial charge in [0.25, 0.3) is 0 Å². The van der Waals surface area contributed by atoms with E-state index in [4.69, 9.17) is 5.73 Å². The highest BCUT2D eigenvalue weighted by Gasteiger charge is 2.31. The predicted octanol–water partition coefficient (Wildman–Crippen LogP) is 3.18. The predicted molar refractivity (Wildman–Crippen MR) is 80.9 cm³/mol. The summed E-state index contributed by atoms with van der Waals surface area (Å²) in [6.45, 7) is 9.49. The monoisotopic (exact) mass is 268 g/mol. The maximum atomic E-state index is 12.6. The molecule has 0 spiro atoms. The summed E-state index contributed by atoms with van der Waals surface area (Å²) >= 11 is 0.